The Hall–Kier alpha value is -5.26. The summed E-state index contributed by atoms with van der Waals surface area (Å²) in [6.45, 7) is 0.662. The van der Waals surface area contributed by atoms with Crippen LogP contribution in [0.5, 0.6) is 11.5 Å². The zero-order chi connectivity index (χ0) is 30.9. The number of imidazole rings is 1. The molecule has 5 rings (SSSR count). The number of fused-ring (bicyclic) bond motifs is 4. The van der Waals surface area contributed by atoms with Crippen LogP contribution in [-0.4, -0.2) is 76.5 Å². The molecule has 0 aliphatic carbocycles. The number of benzene rings is 2. The van der Waals surface area contributed by atoms with E-state index in [1.165, 1.54) is 11.1 Å². The van der Waals surface area contributed by atoms with Crippen LogP contribution in [0.25, 0.3) is 11.4 Å². The number of nitrogens with zero attached hydrogens (tertiary/aromatic N) is 4. The fourth-order valence-electron chi connectivity index (χ4n) is 4.98. The Labute approximate surface area is 254 Å². The Morgan fingerprint density at radius 1 is 1.11 bits per heavy atom. The van der Waals surface area contributed by atoms with E-state index in [4.69, 9.17) is 9.47 Å². The van der Waals surface area contributed by atoms with Crippen LogP contribution in [0.4, 0.5) is 4.39 Å². The molecule has 2 aromatic heterocycles. The van der Waals surface area contributed by atoms with E-state index in [1.807, 2.05) is 53.2 Å². The predicted molar refractivity (Wildman–Crippen MR) is 160 cm³/mol. The number of amides is 3. The summed E-state index contributed by atoms with van der Waals surface area (Å²) in [5.41, 5.74) is 1.66. The standard InChI is InChI=1S/C32H33FN6O5/c1-43-27-9-8-23-18-28(27)44-15-5-12-39(32(42)24-17-25(33)20-34-19-24)21-29(40)37-26(16-22-6-3-2-4-7-22)31(41)36-11-14-38-13-10-35-30(23)38/h2-4,6-10,13,17-20,26H,5,11-12,14-16,21H2,1H3,(H,36,41)(H,37,40)/t26-/m0/s1. The maximum atomic E-state index is 13.9. The molecule has 2 bridgehead atoms. The summed E-state index contributed by atoms with van der Waals surface area (Å²) in [4.78, 5) is 49.7. The third-order valence-electron chi connectivity index (χ3n) is 7.13. The summed E-state index contributed by atoms with van der Waals surface area (Å²) in [6, 6.07) is 15.0. The third-order valence-corrected chi connectivity index (χ3v) is 7.13. The molecule has 1 aliphatic heterocycles. The van der Waals surface area contributed by atoms with Crippen molar-refractivity contribution < 1.29 is 28.2 Å². The second kappa shape index (κ2) is 14.3. The van der Waals surface area contributed by atoms with Crippen LogP contribution in [0, 0.1) is 5.82 Å². The highest BCUT2D eigenvalue weighted by atomic mass is 19.1. The van der Waals surface area contributed by atoms with Gasteiger partial charge in [-0.05, 0) is 36.2 Å². The van der Waals surface area contributed by atoms with Crippen LogP contribution < -0.4 is 20.1 Å². The van der Waals surface area contributed by atoms with Gasteiger partial charge in [-0.3, -0.25) is 19.4 Å². The zero-order valence-electron chi connectivity index (χ0n) is 24.2. The van der Waals surface area contributed by atoms with E-state index in [0.29, 0.717) is 30.3 Å². The van der Waals surface area contributed by atoms with Crippen LogP contribution in [0.1, 0.15) is 22.3 Å². The number of nitrogens with one attached hydrogen (secondary N) is 2. The second-order valence-corrected chi connectivity index (χ2v) is 10.2. The number of aromatic nitrogens is 3. The van der Waals surface area contributed by atoms with Crippen LogP contribution in [0.3, 0.4) is 0 Å². The molecular weight excluding hydrogens is 567 g/mol. The lowest BCUT2D eigenvalue weighted by Crippen LogP contribution is -2.51. The van der Waals surface area contributed by atoms with Crippen molar-refractivity contribution in [2.75, 3.05) is 33.4 Å². The van der Waals surface area contributed by atoms with E-state index < -0.39 is 23.7 Å². The number of carbonyl (C=O) groups excluding carboxylic acids is 3. The maximum Gasteiger partial charge on any atom is 0.255 e. The largest absolute Gasteiger partial charge is 0.493 e. The summed E-state index contributed by atoms with van der Waals surface area (Å²) >= 11 is 0. The molecule has 1 atom stereocenters. The van der Waals surface area contributed by atoms with E-state index in [-0.39, 0.29) is 44.1 Å². The van der Waals surface area contributed by atoms with Gasteiger partial charge in [0.2, 0.25) is 11.8 Å². The minimum Gasteiger partial charge on any atom is -0.493 e. The molecule has 12 heteroatoms. The number of halogens is 1. The molecule has 0 saturated heterocycles. The first-order valence-electron chi connectivity index (χ1n) is 14.2. The van der Waals surface area contributed by atoms with E-state index in [9.17, 15) is 18.8 Å². The molecule has 4 aromatic rings. The lowest BCUT2D eigenvalue weighted by Gasteiger charge is -2.25. The van der Waals surface area contributed by atoms with Crippen molar-refractivity contribution in [3.8, 4) is 22.9 Å². The molecule has 0 radical (unpaired) electrons. The molecule has 2 N–H and O–H groups in total. The lowest BCUT2D eigenvalue weighted by atomic mass is 10.1. The number of hydrogen-bond acceptors (Lipinski definition) is 7. The number of carbonyl (C=O) groups is 3. The van der Waals surface area contributed by atoms with Gasteiger partial charge < -0.3 is 29.6 Å². The molecule has 44 heavy (non-hydrogen) atoms. The minimum absolute atomic E-state index is 0.00399. The monoisotopic (exact) mass is 600 g/mol. The van der Waals surface area contributed by atoms with Gasteiger partial charge in [0, 0.05) is 50.2 Å². The molecular formula is C32H33FN6O5. The first kappa shape index (κ1) is 30.2. The average Bonchev–Trinajstić information content (AvgIpc) is 3.50. The Kier molecular flexibility index (Phi) is 9.80. The first-order valence-corrected chi connectivity index (χ1v) is 14.2. The predicted octanol–water partition coefficient (Wildman–Crippen LogP) is 2.86. The van der Waals surface area contributed by atoms with Gasteiger partial charge in [0.1, 0.15) is 17.7 Å². The Bertz CT molecular complexity index is 1610. The van der Waals surface area contributed by atoms with Gasteiger partial charge >= 0.3 is 0 Å². The van der Waals surface area contributed by atoms with E-state index >= 15 is 0 Å². The van der Waals surface area contributed by atoms with Gasteiger partial charge in [-0.2, -0.15) is 0 Å². The Morgan fingerprint density at radius 3 is 2.75 bits per heavy atom. The van der Waals surface area contributed by atoms with Crippen LogP contribution in [0.15, 0.2) is 79.4 Å². The molecule has 11 nitrogen and oxygen atoms in total. The highest BCUT2D eigenvalue weighted by molar-refractivity contribution is 5.97. The van der Waals surface area contributed by atoms with Gasteiger partial charge in [-0.25, -0.2) is 9.37 Å². The summed E-state index contributed by atoms with van der Waals surface area (Å²) in [5, 5.41) is 5.72. The normalized spacial score (nSPS) is 16.4. The highest BCUT2D eigenvalue weighted by Crippen LogP contribution is 2.32. The topological polar surface area (TPSA) is 128 Å². The molecule has 228 valence electrons. The summed E-state index contributed by atoms with van der Waals surface area (Å²) in [7, 11) is 1.54. The third kappa shape index (κ3) is 7.57. The zero-order valence-corrected chi connectivity index (χ0v) is 24.2. The molecule has 3 heterocycles. The molecule has 3 amide bonds. The lowest BCUT2D eigenvalue weighted by molar-refractivity contribution is -0.129. The van der Waals surface area contributed by atoms with Crippen molar-refractivity contribution in [2.24, 2.45) is 0 Å². The summed E-state index contributed by atoms with van der Waals surface area (Å²) < 4.78 is 27.4. The SMILES string of the molecule is COc1ccc2cc1OCCCN(C(=O)c1cncc(F)c1)CC(=O)N[C@@H](Cc1ccccc1)C(=O)NCCn1ccnc1-2. The van der Waals surface area contributed by atoms with Gasteiger partial charge in [0.25, 0.3) is 5.91 Å². The van der Waals surface area contributed by atoms with Gasteiger partial charge in [-0.1, -0.05) is 30.3 Å². The van der Waals surface area contributed by atoms with Crippen molar-refractivity contribution in [3.05, 3.63) is 96.3 Å². The van der Waals surface area contributed by atoms with Crippen LogP contribution in [0.2, 0.25) is 0 Å². The summed E-state index contributed by atoms with van der Waals surface area (Å²) in [6.07, 6.45) is 6.35. The fraction of sp³-hybridized carbons (Fsp3) is 0.281. The van der Waals surface area contributed by atoms with Crippen LogP contribution >= 0.6 is 0 Å². The van der Waals surface area contributed by atoms with Crippen molar-refractivity contribution in [3.63, 3.8) is 0 Å². The van der Waals surface area contributed by atoms with Crippen molar-refractivity contribution in [1.29, 1.82) is 0 Å². The summed E-state index contributed by atoms with van der Waals surface area (Å²) in [5.74, 6) is -0.444. The van der Waals surface area contributed by atoms with E-state index in [0.717, 1.165) is 23.4 Å². The quantitative estimate of drug-likeness (QED) is 0.369. The molecule has 0 fully saturated rings. The Morgan fingerprint density at radius 2 is 1.95 bits per heavy atom. The van der Waals surface area contributed by atoms with Crippen LogP contribution in [-0.2, 0) is 22.6 Å². The highest BCUT2D eigenvalue weighted by Gasteiger charge is 2.25. The molecule has 0 saturated carbocycles. The number of pyridine rings is 1. The fourth-order valence-corrected chi connectivity index (χ4v) is 4.98. The smallest absolute Gasteiger partial charge is 0.255 e. The Balaban J connectivity index is 1.44. The molecule has 1 aliphatic rings. The van der Waals surface area contributed by atoms with Crippen molar-refractivity contribution in [2.45, 2.75) is 25.4 Å². The van der Waals surface area contributed by atoms with Gasteiger partial charge in [0.15, 0.2) is 11.5 Å². The number of methoxy groups -OCH3 is 1. The second-order valence-electron chi connectivity index (χ2n) is 10.2. The molecule has 2 aromatic carbocycles. The van der Waals surface area contributed by atoms with E-state index in [1.54, 1.807) is 19.4 Å². The number of hydrogen-bond donors (Lipinski definition) is 2. The first-order chi connectivity index (χ1) is 21.4. The molecule has 0 unspecified atom stereocenters. The van der Waals surface area contributed by atoms with Crippen molar-refractivity contribution >= 4 is 17.7 Å². The minimum atomic E-state index is -0.897. The number of rotatable bonds is 4. The maximum absolute atomic E-state index is 13.9. The average molecular weight is 601 g/mol. The van der Waals surface area contributed by atoms with Crippen molar-refractivity contribution in [1.82, 2.24) is 30.1 Å². The van der Waals surface area contributed by atoms with E-state index in [2.05, 4.69) is 20.6 Å². The molecule has 0 spiro atoms. The number of ether oxygens (including phenoxy) is 2. The van der Waals surface area contributed by atoms with Gasteiger partial charge in [-0.15, -0.1) is 0 Å². The van der Waals surface area contributed by atoms with Gasteiger partial charge in [0.05, 0.1) is 32.0 Å².